The van der Waals surface area contributed by atoms with Crippen molar-refractivity contribution in [3.8, 4) is 11.5 Å². The van der Waals surface area contributed by atoms with Gasteiger partial charge in [-0.05, 0) is 59.5 Å². The first kappa shape index (κ1) is 22.3. The summed E-state index contributed by atoms with van der Waals surface area (Å²) < 4.78 is 37.8. The van der Waals surface area contributed by atoms with Gasteiger partial charge in [0.2, 0.25) is 12.7 Å². The molecule has 5 nitrogen and oxygen atoms in total. The molecule has 0 atom stereocenters. The van der Waals surface area contributed by atoms with Crippen LogP contribution in [0.25, 0.3) is 0 Å². The number of halogens is 2. The fourth-order valence-corrected chi connectivity index (χ4v) is 4.64. The molecule has 3 aromatic carbocycles. The molecule has 176 valence electrons. The van der Waals surface area contributed by atoms with Crippen molar-refractivity contribution in [1.29, 1.82) is 0 Å². The molecule has 7 heteroatoms. The number of ether oxygens (including phenoxy) is 2. The molecule has 0 aromatic heterocycles. The van der Waals surface area contributed by atoms with Gasteiger partial charge in [-0.1, -0.05) is 30.3 Å². The number of fused-ring (bicyclic) bond motifs is 1. The van der Waals surface area contributed by atoms with Gasteiger partial charge in [0.05, 0.1) is 6.04 Å². The zero-order valence-corrected chi connectivity index (χ0v) is 18.8. The molecular formula is C27H26F2N2O3. The second kappa shape index (κ2) is 9.81. The number of benzene rings is 3. The number of hydrogen-bond acceptors (Lipinski definition) is 4. The second-order valence-electron chi connectivity index (χ2n) is 8.61. The van der Waals surface area contributed by atoms with Crippen LogP contribution in [0.1, 0.15) is 29.2 Å². The molecule has 5 rings (SSSR count). The Balaban J connectivity index is 1.22. The Morgan fingerprint density at radius 3 is 2.00 bits per heavy atom. The maximum atomic E-state index is 13.5. The fraction of sp³-hybridized carbons (Fsp3) is 0.296. The number of hydrogen-bond donors (Lipinski definition) is 0. The molecule has 0 aliphatic carbocycles. The monoisotopic (exact) mass is 464 g/mol. The molecule has 2 heterocycles. The Kier molecular flexibility index (Phi) is 6.45. The van der Waals surface area contributed by atoms with E-state index in [1.807, 2.05) is 23.1 Å². The first-order valence-corrected chi connectivity index (χ1v) is 11.5. The molecule has 0 spiro atoms. The van der Waals surface area contributed by atoms with Crippen molar-refractivity contribution >= 4 is 5.91 Å². The average Bonchev–Trinajstić information content (AvgIpc) is 3.33. The van der Waals surface area contributed by atoms with Crippen molar-refractivity contribution in [2.75, 3.05) is 33.0 Å². The lowest BCUT2D eigenvalue weighted by Crippen LogP contribution is -2.49. The molecule has 0 saturated carbocycles. The van der Waals surface area contributed by atoms with Crippen molar-refractivity contribution in [1.82, 2.24) is 9.80 Å². The quantitative estimate of drug-likeness (QED) is 0.537. The minimum absolute atomic E-state index is 0.123. The van der Waals surface area contributed by atoms with E-state index < -0.39 is 0 Å². The lowest BCUT2D eigenvalue weighted by atomic mass is 9.96. The van der Waals surface area contributed by atoms with E-state index in [0.29, 0.717) is 39.0 Å². The van der Waals surface area contributed by atoms with Crippen molar-refractivity contribution < 1.29 is 23.0 Å². The van der Waals surface area contributed by atoms with E-state index in [1.165, 1.54) is 24.3 Å². The van der Waals surface area contributed by atoms with Gasteiger partial charge in [-0.15, -0.1) is 0 Å². The fourth-order valence-electron chi connectivity index (χ4n) is 4.64. The molecular weight excluding hydrogens is 438 g/mol. The molecule has 1 amide bonds. The Morgan fingerprint density at radius 2 is 1.38 bits per heavy atom. The van der Waals surface area contributed by atoms with Crippen LogP contribution >= 0.6 is 0 Å². The van der Waals surface area contributed by atoms with E-state index in [2.05, 4.69) is 4.90 Å². The number of nitrogens with zero attached hydrogens (tertiary/aromatic N) is 2. The SMILES string of the molecule is O=C(CCc1ccc2c(c1)OCO2)N1CCN(C(c2ccc(F)cc2)c2ccc(F)cc2)CC1. The van der Waals surface area contributed by atoms with Crippen LogP contribution in [-0.2, 0) is 11.2 Å². The number of rotatable bonds is 6. The van der Waals surface area contributed by atoms with E-state index in [1.54, 1.807) is 24.3 Å². The Morgan fingerprint density at radius 1 is 0.794 bits per heavy atom. The van der Waals surface area contributed by atoms with E-state index in [0.717, 1.165) is 28.2 Å². The summed E-state index contributed by atoms with van der Waals surface area (Å²) >= 11 is 0. The molecule has 0 N–H and O–H groups in total. The Bertz CT molecular complexity index is 1100. The number of carbonyl (C=O) groups excluding carboxylic acids is 1. The summed E-state index contributed by atoms with van der Waals surface area (Å²) in [6, 6.07) is 18.5. The van der Waals surface area contributed by atoms with Gasteiger partial charge >= 0.3 is 0 Å². The molecule has 0 unspecified atom stereocenters. The summed E-state index contributed by atoms with van der Waals surface area (Å²) in [6.45, 7) is 2.81. The van der Waals surface area contributed by atoms with E-state index in [4.69, 9.17) is 9.47 Å². The predicted octanol–water partition coefficient (Wildman–Crippen LogP) is 4.56. The average molecular weight is 465 g/mol. The second-order valence-corrected chi connectivity index (χ2v) is 8.61. The minimum Gasteiger partial charge on any atom is -0.454 e. The standard InChI is InChI=1S/C27H26F2N2O3/c28-22-7-3-20(4-8-22)27(21-5-9-23(29)10-6-21)31-15-13-30(14-16-31)26(32)12-2-19-1-11-24-25(17-19)34-18-33-24/h1,3-11,17,27H,2,12-16,18H2. The van der Waals surface area contributed by atoms with E-state index in [-0.39, 0.29) is 30.4 Å². The largest absolute Gasteiger partial charge is 0.454 e. The van der Waals surface area contributed by atoms with Crippen LogP contribution in [0.3, 0.4) is 0 Å². The Labute approximate surface area is 197 Å². The highest BCUT2D eigenvalue weighted by Crippen LogP contribution is 2.33. The highest BCUT2D eigenvalue weighted by atomic mass is 19.1. The summed E-state index contributed by atoms with van der Waals surface area (Å²) in [7, 11) is 0. The lowest BCUT2D eigenvalue weighted by molar-refractivity contribution is -0.133. The molecule has 2 aliphatic rings. The zero-order chi connectivity index (χ0) is 23.5. The first-order chi connectivity index (χ1) is 16.6. The number of piperazine rings is 1. The van der Waals surface area contributed by atoms with Gasteiger partial charge in [0, 0.05) is 32.6 Å². The maximum Gasteiger partial charge on any atom is 0.231 e. The molecule has 2 aliphatic heterocycles. The summed E-state index contributed by atoms with van der Waals surface area (Å²) in [5, 5.41) is 0. The van der Waals surface area contributed by atoms with Gasteiger partial charge in [0.25, 0.3) is 0 Å². The maximum absolute atomic E-state index is 13.5. The number of aryl methyl sites for hydroxylation is 1. The van der Waals surface area contributed by atoms with Gasteiger partial charge in [-0.25, -0.2) is 8.78 Å². The minimum atomic E-state index is -0.292. The van der Waals surface area contributed by atoms with Gasteiger partial charge in [-0.2, -0.15) is 0 Å². The van der Waals surface area contributed by atoms with Crippen LogP contribution in [0, 0.1) is 11.6 Å². The third-order valence-corrected chi connectivity index (χ3v) is 6.47. The van der Waals surface area contributed by atoms with Gasteiger partial charge in [0.1, 0.15) is 11.6 Å². The van der Waals surface area contributed by atoms with Crippen LogP contribution in [0.5, 0.6) is 11.5 Å². The summed E-state index contributed by atoms with van der Waals surface area (Å²) in [6.07, 6.45) is 1.07. The van der Waals surface area contributed by atoms with Crippen LogP contribution < -0.4 is 9.47 Å². The highest BCUT2D eigenvalue weighted by molar-refractivity contribution is 5.76. The molecule has 34 heavy (non-hydrogen) atoms. The smallest absolute Gasteiger partial charge is 0.231 e. The first-order valence-electron chi connectivity index (χ1n) is 11.5. The van der Waals surface area contributed by atoms with E-state index >= 15 is 0 Å². The van der Waals surface area contributed by atoms with Crippen molar-refractivity contribution in [3.05, 3.63) is 95.1 Å². The lowest BCUT2D eigenvalue weighted by Gasteiger charge is -2.40. The van der Waals surface area contributed by atoms with E-state index in [9.17, 15) is 13.6 Å². The third-order valence-electron chi connectivity index (χ3n) is 6.47. The summed E-state index contributed by atoms with van der Waals surface area (Å²) in [4.78, 5) is 17.0. The topological polar surface area (TPSA) is 42.0 Å². The van der Waals surface area contributed by atoms with Crippen LogP contribution in [0.4, 0.5) is 8.78 Å². The Hall–Kier alpha value is -3.45. The molecule has 0 radical (unpaired) electrons. The number of carbonyl (C=O) groups is 1. The third kappa shape index (κ3) is 4.89. The van der Waals surface area contributed by atoms with Gasteiger partial charge < -0.3 is 14.4 Å². The van der Waals surface area contributed by atoms with Crippen LogP contribution in [-0.4, -0.2) is 48.7 Å². The van der Waals surface area contributed by atoms with Crippen LogP contribution in [0.15, 0.2) is 66.7 Å². The number of amides is 1. The molecule has 0 bridgehead atoms. The molecule has 1 fully saturated rings. The van der Waals surface area contributed by atoms with Crippen molar-refractivity contribution in [3.63, 3.8) is 0 Å². The molecule has 3 aromatic rings. The van der Waals surface area contributed by atoms with Gasteiger partial charge in [-0.3, -0.25) is 9.69 Å². The zero-order valence-electron chi connectivity index (χ0n) is 18.8. The predicted molar refractivity (Wildman–Crippen MR) is 124 cm³/mol. The summed E-state index contributed by atoms with van der Waals surface area (Å²) in [5.74, 6) is 1.01. The van der Waals surface area contributed by atoms with Crippen molar-refractivity contribution in [2.24, 2.45) is 0 Å². The van der Waals surface area contributed by atoms with Crippen LogP contribution in [0.2, 0.25) is 0 Å². The normalized spacial score (nSPS) is 15.7. The highest BCUT2D eigenvalue weighted by Gasteiger charge is 2.28. The van der Waals surface area contributed by atoms with Gasteiger partial charge in [0.15, 0.2) is 11.5 Å². The summed E-state index contributed by atoms with van der Waals surface area (Å²) in [5.41, 5.74) is 2.93. The van der Waals surface area contributed by atoms with Crippen molar-refractivity contribution in [2.45, 2.75) is 18.9 Å². The molecule has 1 saturated heterocycles.